The average molecular weight is 187 g/mol. The standard InChI is InChI=1S/C2H7NO.Cu.NO3/c3-1-2-4;;2-1(3)4/h4H,1-3H2;;/q;+1;-1. The molecule has 0 fully saturated rings. The molecule has 60 valence electrons. The fourth-order valence-corrected chi connectivity index (χ4v) is 0. The van der Waals surface area contributed by atoms with Gasteiger partial charge in [-0.3, -0.25) is 0 Å². The Bertz CT molecular complexity index is 54.5. The van der Waals surface area contributed by atoms with Gasteiger partial charge in [-0.1, -0.05) is 0 Å². The van der Waals surface area contributed by atoms with Crippen molar-refractivity contribution in [2.75, 3.05) is 13.2 Å². The molecule has 0 unspecified atom stereocenters. The van der Waals surface area contributed by atoms with Crippen LogP contribution in [-0.2, 0) is 17.1 Å². The van der Waals surface area contributed by atoms with E-state index < -0.39 is 5.09 Å². The molecule has 0 aromatic rings. The van der Waals surface area contributed by atoms with Gasteiger partial charge in [0.25, 0.3) is 0 Å². The van der Waals surface area contributed by atoms with Crippen LogP contribution < -0.4 is 5.73 Å². The first-order valence-corrected chi connectivity index (χ1v) is 1.77. The Hall–Kier alpha value is -0.361. The van der Waals surface area contributed by atoms with Crippen LogP contribution in [0, 0.1) is 15.3 Å². The van der Waals surface area contributed by atoms with E-state index in [0.29, 0.717) is 6.54 Å². The number of aliphatic hydroxyl groups excluding tert-OH is 1. The fourth-order valence-electron chi connectivity index (χ4n) is 0. The van der Waals surface area contributed by atoms with Crippen LogP contribution in [0.3, 0.4) is 0 Å². The smallest absolute Gasteiger partial charge is 0.395 e. The van der Waals surface area contributed by atoms with Crippen LogP contribution in [0.15, 0.2) is 0 Å². The molecule has 0 atom stereocenters. The second-order valence-electron chi connectivity index (χ2n) is 0.736. The summed E-state index contributed by atoms with van der Waals surface area (Å²) >= 11 is 0. The van der Waals surface area contributed by atoms with Crippen molar-refractivity contribution in [3.8, 4) is 0 Å². The van der Waals surface area contributed by atoms with Gasteiger partial charge in [-0.25, -0.2) is 0 Å². The topological polar surface area (TPSA) is 112 Å². The number of rotatable bonds is 1. The van der Waals surface area contributed by atoms with E-state index in [9.17, 15) is 0 Å². The molecule has 0 aliphatic heterocycles. The molecule has 0 spiro atoms. The summed E-state index contributed by atoms with van der Waals surface area (Å²) in [7, 11) is 0. The van der Waals surface area contributed by atoms with E-state index in [4.69, 9.17) is 26.2 Å². The summed E-state index contributed by atoms with van der Waals surface area (Å²) in [4.78, 5) is 8.25. The van der Waals surface area contributed by atoms with Crippen LogP contribution in [-0.4, -0.2) is 23.3 Å². The molecule has 0 radical (unpaired) electrons. The fraction of sp³-hybridized carbons (Fsp3) is 1.00. The first-order chi connectivity index (χ1) is 3.65. The molecule has 0 aliphatic carbocycles. The first-order valence-electron chi connectivity index (χ1n) is 1.77. The molecule has 0 amide bonds. The van der Waals surface area contributed by atoms with Crippen molar-refractivity contribution in [3.63, 3.8) is 0 Å². The van der Waals surface area contributed by atoms with E-state index in [0.717, 1.165) is 0 Å². The normalized spacial score (nSPS) is 6.00. The second-order valence-corrected chi connectivity index (χ2v) is 0.736. The van der Waals surface area contributed by atoms with E-state index in [1.807, 2.05) is 0 Å². The predicted octanol–water partition coefficient (Wildman–Crippen LogP) is -1.30. The van der Waals surface area contributed by atoms with Gasteiger partial charge in [-0.2, -0.15) is 0 Å². The van der Waals surface area contributed by atoms with E-state index in [1.165, 1.54) is 0 Å². The van der Waals surface area contributed by atoms with Crippen LogP contribution in [0.4, 0.5) is 0 Å². The first kappa shape index (κ1) is 15.9. The Morgan fingerprint density at radius 3 is 1.67 bits per heavy atom. The Morgan fingerprint density at radius 2 is 1.67 bits per heavy atom. The quantitative estimate of drug-likeness (QED) is 0.300. The summed E-state index contributed by atoms with van der Waals surface area (Å²) in [6.07, 6.45) is 0. The maximum atomic E-state index is 8.25. The van der Waals surface area contributed by atoms with E-state index in [2.05, 4.69) is 0 Å². The molecule has 0 aromatic heterocycles. The Kier molecular flexibility index (Phi) is 27.6. The van der Waals surface area contributed by atoms with Gasteiger partial charge in [-0.15, -0.1) is 0 Å². The molecule has 0 rings (SSSR count). The van der Waals surface area contributed by atoms with Crippen molar-refractivity contribution < 1.29 is 27.3 Å². The van der Waals surface area contributed by atoms with E-state index in [-0.39, 0.29) is 23.7 Å². The van der Waals surface area contributed by atoms with E-state index in [1.54, 1.807) is 0 Å². The third kappa shape index (κ3) is 594. The van der Waals surface area contributed by atoms with E-state index >= 15 is 0 Å². The molecule has 0 heterocycles. The zero-order chi connectivity index (χ0) is 6.99. The molecule has 7 heteroatoms. The Morgan fingerprint density at radius 1 is 1.56 bits per heavy atom. The molecule has 0 aromatic carbocycles. The molecule has 0 saturated heterocycles. The SMILES string of the molecule is NCCO.O=[N+]([O-])[O-].[Cu+]. The zero-order valence-electron chi connectivity index (χ0n) is 4.41. The summed E-state index contributed by atoms with van der Waals surface area (Å²) in [5.74, 6) is 0. The summed E-state index contributed by atoms with van der Waals surface area (Å²) in [5.41, 5.74) is 4.78. The Balaban J connectivity index is -0.0000000720. The minimum atomic E-state index is -1.75. The van der Waals surface area contributed by atoms with Crippen LogP contribution >= 0.6 is 0 Å². The van der Waals surface area contributed by atoms with Crippen molar-refractivity contribution in [1.29, 1.82) is 0 Å². The van der Waals surface area contributed by atoms with Gasteiger partial charge in [0.2, 0.25) is 0 Å². The van der Waals surface area contributed by atoms with Gasteiger partial charge in [0, 0.05) is 6.54 Å². The van der Waals surface area contributed by atoms with Crippen molar-refractivity contribution in [1.82, 2.24) is 0 Å². The van der Waals surface area contributed by atoms with Crippen molar-refractivity contribution in [3.05, 3.63) is 15.3 Å². The minimum Gasteiger partial charge on any atom is -0.395 e. The largest absolute Gasteiger partial charge is 1.00 e. The predicted molar refractivity (Wildman–Crippen MR) is 26.5 cm³/mol. The monoisotopic (exact) mass is 186 g/mol. The number of aliphatic hydroxyl groups is 1. The molecular weight excluding hydrogens is 180 g/mol. The number of hydrogen-bond acceptors (Lipinski definition) is 5. The third-order valence-electron chi connectivity index (χ3n) is 0.129. The third-order valence-corrected chi connectivity index (χ3v) is 0.129. The van der Waals surface area contributed by atoms with Crippen LogP contribution in [0.1, 0.15) is 0 Å². The average Bonchev–Trinajstić information content (AvgIpc) is 1.65. The van der Waals surface area contributed by atoms with Crippen molar-refractivity contribution in [2.45, 2.75) is 0 Å². The van der Waals surface area contributed by atoms with Crippen molar-refractivity contribution in [2.24, 2.45) is 5.73 Å². The second kappa shape index (κ2) is 15.6. The van der Waals surface area contributed by atoms with Gasteiger partial charge in [0.1, 0.15) is 0 Å². The van der Waals surface area contributed by atoms with Gasteiger partial charge in [0.05, 0.1) is 11.7 Å². The zero-order valence-corrected chi connectivity index (χ0v) is 5.35. The van der Waals surface area contributed by atoms with Crippen molar-refractivity contribution >= 4 is 0 Å². The molecule has 9 heavy (non-hydrogen) atoms. The van der Waals surface area contributed by atoms with Gasteiger partial charge in [0.15, 0.2) is 0 Å². The summed E-state index contributed by atoms with van der Waals surface area (Å²) in [6, 6.07) is 0. The minimum absolute atomic E-state index is 0. The molecule has 0 saturated carbocycles. The maximum Gasteiger partial charge on any atom is 1.00 e. The molecule has 0 aliphatic rings. The number of hydrogen-bond donors (Lipinski definition) is 2. The number of nitrogens with two attached hydrogens (primary N) is 1. The van der Waals surface area contributed by atoms with Gasteiger partial charge in [-0.05, 0) is 0 Å². The Labute approximate surface area is 62.2 Å². The van der Waals surface area contributed by atoms with Gasteiger partial charge < -0.3 is 26.2 Å². The molecular formula is C2H7CuN2O4. The summed E-state index contributed by atoms with van der Waals surface area (Å²) < 4.78 is 0. The maximum absolute atomic E-state index is 8.25. The van der Waals surface area contributed by atoms with Crippen LogP contribution in [0.2, 0.25) is 0 Å². The number of nitrogens with zero attached hydrogens (tertiary/aromatic N) is 1. The summed E-state index contributed by atoms with van der Waals surface area (Å²) in [5, 5.41) is 22.5. The molecule has 0 bridgehead atoms. The summed E-state index contributed by atoms with van der Waals surface area (Å²) in [6.45, 7) is 0.472. The van der Waals surface area contributed by atoms with Crippen LogP contribution in [0.25, 0.3) is 0 Å². The van der Waals surface area contributed by atoms with Crippen LogP contribution in [0.5, 0.6) is 0 Å². The molecule has 6 nitrogen and oxygen atoms in total. The molecule has 3 N–H and O–H groups in total. The van der Waals surface area contributed by atoms with Gasteiger partial charge >= 0.3 is 17.1 Å².